The second kappa shape index (κ2) is 6.05. The lowest BCUT2D eigenvalue weighted by Crippen LogP contribution is -2.44. The number of nitrogens with zero attached hydrogens (tertiary/aromatic N) is 2. The number of hydrogen-bond donors (Lipinski definition) is 1. The fraction of sp³-hybridized carbons (Fsp3) is 0.733. The van der Waals surface area contributed by atoms with E-state index in [4.69, 9.17) is 9.47 Å². The number of carbonyl (C=O) groups excluding carboxylic acids is 1. The van der Waals surface area contributed by atoms with E-state index in [0.29, 0.717) is 19.7 Å². The van der Waals surface area contributed by atoms with Gasteiger partial charge in [0.05, 0.1) is 18.8 Å². The normalized spacial score (nSPS) is 19.7. The van der Waals surface area contributed by atoms with E-state index in [1.54, 1.807) is 4.90 Å². The van der Waals surface area contributed by atoms with Crippen molar-refractivity contribution in [1.82, 2.24) is 14.9 Å². The van der Waals surface area contributed by atoms with E-state index in [2.05, 4.69) is 16.9 Å². The number of amides is 1. The summed E-state index contributed by atoms with van der Waals surface area (Å²) in [6.45, 7) is 11.2. The molecule has 1 N–H and O–H groups in total. The highest BCUT2D eigenvalue weighted by Crippen LogP contribution is 2.22. The van der Waals surface area contributed by atoms with Gasteiger partial charge >= 0.3 is 6.09 Å². The van der Waals surface area contributed by atoms with Crippen molar-refractivity contribution in [1.29, 1.82) is 0 Å². The van der Waals surface area contributed by atoms with Gasteiger partial charge in [0.2, 0.25) is 0 Å². The number of aromatic amines is 1. The van der Waals surface area contributed by atoms with Crippen LogP contribution in [0.4, 0.5) is 4.79 Å². The number of imidazole rings is 1. The van der Waals surface area contributed by atoms with E-state index in [0.717, 1.165) is 23.6 Å². The van der Waals surface area contributed by atoms with E-state index < -0.39 is 5.60 Å². The second-order valence-electron chi connectivity index (χ2n) is 6.33. The van der Waals surface area contributed by atoms with Crippen LogP contribution in [-0.2, 0) is 15.9 Å². The summed E-state index contributed by atoms with van der Waals surface area (Å²) in [6.07, 6.45) is 0.366. The number of morpholine rings is 1. The number of rotatable bonds is 2. The molecule has 1 aromatic rings. The van der Waals surface area contributed by atoms with Gasteiger partial charge < -0.3 is 19.4 Å². The minimum atomic E-state index is -0.485. The molecular formula is C15H25N3O3. The minimum absolute atomic E-state index is 0.217. The maximum Gasteiger partial charge on any atom is 0.410 e. The number of hydrogen-bond acceptors (Lipinski definition) is 4. The van der Waals surface area contributed by atoms with Gasteiger partial charge in [-0.15, -0.1) is 0 Å². The van der Waals surface area contributed by atoms with Crippen molar-refractivity contribution in [2.24, 2.45) is 0 Å². The van der Waals surface area contributed by atoms with E-state index in [9.17, 15) is 4.79 Å². The summed E-state index contributed by atoms with van der Waals surface area (Å²) in [6, 6.07) is 0. The molecule has 1 aliphatic rings. The predicted octanol–water partition coefficient (Wildman–Crippen LogP) is 2.59. The van der Waals surface area contributed by atoms with Crippen LogP contribution in [-0.4, -0.2) is 46.3 Å². The maximum atomic E-state index is 12.1. The average Bonchev–Trinajstić information content (AvgIpc) is 2.78. The first kappa shape index (κ1) is 15.8. The lowest BCUT2D eigenvalue weighted by Gasteiger charge is -2.33. The Morgan fingerprint density at radius 3 is 2.81 bits per heavy atom. The third kappa shape index (κ3) is 3.97. The first-order valence-corrected chi connectivity index (χ1v) is 7.45. The molecule has 1 saturated heterocycles. The van der Waals surface area contributed by atoms with E-state index in [1.165, 1.54) is 0 Å². The Kier molecular flexibility index (Phi) is 4.56. The number of carbonyl (C=O) groups is 1. The lowest BCUT2D eigenvalue weighted by molar-refractivity contribution is -0.0460. The van der Waals surface area contributed by atoms with Crippen LogP contribution < -0.4 is 0 Å². The van der Waals surface area contributed by atoms with E-state index >= 15 is 0 Å². The zero-order valence-corrected chi connectivity index (χ0v) is 13.5. The van der Waals surface area contributed by atoms with Gasteiger partial charge in [-0.25, -0.2) is 9.78 Å². The predicted molar refractivity (Wildman–Crippen MR) is 79.2 cm³/mol. The number of H-pyrrole nitrogens is 1. The van der Waals surface area contributed by atoms with Crippen molar-refractivity contribution >= 4 is 6.09 Å². The van der Waals surface area contributed by atoms with E-state index in [-0.39, 0.29) is 12.2 Å². The third-order valence-electron chi connectivity index (χ3n) is 3.36. The number of aryl methyl sites for hydroxylation is 2. The van der Waals surface area contributed by atoms with Crippen LogP contribution in [0, 0.1) is 6.92 Å². The molecule has 1 fully saturated rings. The largest absolute Gasteiger partial charge is 0.444 e. The zero-order chi connectivity index (χ0) is 15.6. The van der Waals surface area contributed by atoms with Gasteiger partial charge in [-0.1, -0.05) is 6.92 Å². The summed E-state index contributed by atoms with van der Waals surface area (Å²) >= 11 is 0. The highest BCUT2D eigenvalue weighted by atomic mass is 16.6. The smallest absolute Gasteiger partial charge is 0.410 e. The highest BCUT2D eigenvalue weighted by molar-refractivity contribution is 5.68. The molecule has 118 valence electrons. The Morgan fingerprint density at radius 1 is 1.52 bits per heavy atom. The monoisotopic (exact) mass is 295 g/mol. The van der Waals surface area contributed by atoms with Crippen molar-refractivity contribution in [3.8, 4) is 0 Å². The molecule has 0 aromatic carbocycles. The molecular weight excluding hydrogens is 270 g/mol. The van der Waals surface area contributed by atoms with Crippen LogP contribution in [0.5, 0.6) is 0 Å². The molecule has 0 aliphatic carbocycles. The number of aromatic nitrogens is 2. The van der Waals surface area contributed by atoms with Gasteiger partial charge in [0.25, 0.3) is 0 Å². The molecule has 1 unspecified atom stereocenters. The molecule has 1 amide bonds. The first-order valence-electron chi connectivity index (χ1n) is 7.45. The SMILES string of the molecule is CCc1nc(C2CN(C(=O)OC(C)(C)C)CCO2)[nH]c1C. The zero-order valence-electron chi connectivity index (χ0n) is 13.5. The molecule has 1 atom stereocenters. The van der Waals surface area contributed by atoms with Gasteiger partial charge in [0, 0.05) is 12.2 Å². The van der Waals surface area contributed by atoms with Crippen LogP contribution in [0.1, 0.15) is 51.0 Å². The van der Waals surface area contributed by atoms with Crippen LogP contribution >= 0.6 is 0 Å². The Bertz CT molecular complexity index is 505. The summed E-state index contributed by atoms with van der Waals surface area (Å²) < 4.78 is 11.2. The lowest BCUT2D eigenvalue weighted by atomic mass is 10.2. The first-order chi connectivity index (χ1) is 9.80. The molecule has 6 nitrogen and oxygen atoms in total. The maximum absolute atomic E-state index is 12.1. The van der Waals surface area contributed by atoms with Crippen LogP contribution in [0.15, 0.2) is 0 Å². The van der Waals surface area contributed by atoms with Crippen LogP contribution in [0.2, 0.25) is 0 Å². The molecule has 6 heteroatoms. The molecule has 1 aliphatic heterocycles. The molecule has 0 bridgehead atoms. The third-order valence-corrected chi connectivity index (χ3v) is 3.36. The number of nitrogens with one attached hydrogen (secondary N) is 1. The molecule has 0 radical (unpaired) electrons. The van der Waals surface area contributed by atoms with Crippen molar-refractivity contribution in [2.75, 3.05) is 19.7 Å². The quantitative estimate of drug-likeness (QED) is 0.910. The van der Waals surface area contributed by atoms with Crippen LogP contribution in [0.25, 0.3) is 0 Å². The van der Waals surface area contributed by atoms with Gasteiger partial charge in [-0.05, 0) is 34.1 Å². The Labute approximate surface area is 125 Å². The Balaban J connectivity index is 2.04. The Hall–Kier alpha value is -1.56. The topological polar surface area (TPSA) is 67.5 Å². The summed E-state index contributed by atoms with van der Waals surface area (Å²) in [5, 5.41) is 0. The van der Waals surface area contributed by atoms with E-state index in [1.807, 2.05) is 27.7 Å². The van der Waals surface area contributed by atoms with Gasteiger partial charge in [0.15, 0.2) is 0 Å². The van der Waals surface area contributed by atoms with Gasteiger partial charge in [-0.3, -0.25) is 0 Å². The molecule has 2 heterocycles. The van der Waals surface area contributed by atoms with Gasteiger partial charge in [0.1, 0.15) is 17.5 Å². The van der Waals surface area contributed by atoms with Gasteiger partial charge in [-0.2, -0.15) is 0 Å². The molecule has 2 rings (SSSR count). The summed E-state index contributed by atoms with van der Waals surface area (Å²) in [5.41, 5.74) is 1.62. The molecule has 0 spiro atoms. The van der Waals surface area contributed by atoms with Crippen molar-refractivity contribution in [3.05, 3.63) is 17.2 Å². The fourth-order valence-corrected chi connectivity index (χ4v) is 2.33. The summed E-state index contributed by atoms with van der Waals surface area (Å²) in [7, 11) is 0. The van der Waals surface area contributed by atoms with Crippen LogP contribution in [0.3, 0.4) is 0 Å². The summed E-state index contributed by atoms with van der Waals surface area (Å²) in [5.74, 6) is 0.789. The highest BCUT2D eigenvalue weighted by Gasteiger charge is 2.30. The van der Waals surface area contributed by atoms with Crippen molar-refractivity contribution < 1.29 is 14.3 Å². The average molecular weight is 295 g/mol. The van der Waals surface area contributed by atoms with Crippen molar-refractivity contribution in [3.63, 3.8) is 0 Å². The molecule has 1 aromatic heterocycles. The summed E-state index contributed by atoms with van der Waals surface area (Å²) in [4.78, 5) is 21.6. The minimum Gasteiger partial charge on any atom is -0.444 e. The van der Waals surface area contributed by atoms with Crippen molar-refractivity contribution in [2.45, 2.75) is 52.7 Å². The number of ether oxygens (including phenoxy) is 2. The standard InChI is InChI=1S/C15H25N3O3/c1-6-11-10(2)16-13(17-11)12-9-18(7-8-20-12)14(19)21-15(3,4)5/h12H,6-9H2,1-5H3,(H,16,17). The second-order valence-corrected chi connectivity index (χ2v) is 6.33. The molecule has 0 saturated carbocycles. The fourth-order valence-electron chi connectivity index (χ4n) is 2.33. The Morgan fingerprint density at radius 2 is 2.24 bits per heavy atom. The molecule has 21 heavy (non-hydrogen) atoms.